The normalized spacial score (nSPS) is 12.4. The van der Waals surface area contributed by atoms with Crippen molar-refractivity contribution in [3.05, 3.63) is 47.5 Å². The zero-order valence-corrected chi connectivity index (χ0v) is 11.4. The Balaban J connectivity index is 2.75. The van der Waals surface area contributed by atoms with Gasteiger partial charge in [0.1, 0.15) is 0 Å². The van der Waals surface area contributed by atoms with Crippen molar-refractivity contribution < 1.29 is 0 Å². The Labute approximate surface area is 106 Å². The van der Waals surface area contributed by atoms with E-state index in [0.29, 0.717) is 6.04 Å². The number of hydrogen-bond acceptors (Lipinski definition) is 1. The molecule has 1 aromatic rings. The molecule has 1 aromatic carbocycles. The molecule has 0 saturated heterocycles. The molecule has 0 aromatic heterocycles. The highest BCUT2D eigenvalue weighted by molar-refractivity contribution is 5.26. The molecule has 0 aliphatic carbocycles. The highest BCUT2D eigenvalue weighted by atomic mass is 14.9. The van der Waals surface area contributed by atoms with Crippen molar-refractivity contribution in [2.45, 2.75) is 46.1 Å². The van der Waals surface area contributed by atoms with Crippen LogP contribution in [-0.2, 0) is 6.42 Å². The van der Waals surface area contributed by atoms with Crippen LogP contribution in [0, 0.1) is 0 Å². The summed E-state index contributed by atoms with van der Waals surface area (Å²) in [4.78, 5) is 0. The average molecular weight is 231 g/mol. The van der Waals surface area contributed by atoms with E-state index in [1.807, 2.05) is 0 Å². The van der Waals surface area contributed by atoms with E-state index in [9.17, 15) is 0 Å². The van der Waals surface area contributed by atoms with Gasteiger partial charge in [0.15, 0.2) is 0 Å². The summed E-state index contributed by atoms with van der Waals surface area (Å²) in [5, 5.41) is 3.59. The van der Waals surface area contributed by atoms with Crippen LogP contribution in [-0.4, -0.2) is 6.54 Å². The molecular formula is C16H25N. The van der Waals surface area contributed by atoms with Gasteiger partial charge in [-0.1, -0.05) is 43.7 Å². The molecule has 1 atom stereocenters. The fourth-order valence-corrected chi connectivity index (χ4v) is 1.96. The van der Waals surface area contributed by atoms with Crippen molar-refractivity contribution in [2.24, 2.45) is 0 Å². The Bertz CT molecular complexity index is 337. The smallest absolute Gasteiger partial charge is 0.0357 e. The molecule has 94 valence electrons. The lowest BCUT2D eigenvalue weighted by Gasteiger charge is -2.19. The van der Waals surface area contributed by atoms with Gasteiger partial charge < -0.3 is 5.32 Å². The molecule has 0 amide bonds. The fraction of sp³-hybridized carbons (Fsp3) is 0.500. The standard InChI is InChI=1S/C16H25N/c1-5-11-17-16(12-13(3)4)15-9-7-14(6-2)8-10-15/h7-10,16-17H,3,5-6,11-12H2,1-2,4H3. The first kappa shape index (κ1) is 14.0. The van der Waals surface area contributed by atoms with Crippen molar-refractivity contribution in [1.82, 2.24) is 5.32 Å². The van der Waals surface area contributed by atoms with Gasteiger partial charge in [0.25, 0.3) is 0 Å². The zero-order chi connectivity index (χ0) is 12.7. The Hall–Kier alpha value is -1.08. The second-order valence-corrected chi connectivity index (χ2v) is 4.76. The Morgan fingerprint density at radius 3 is 2.35 bits per heavy atom. The van der Waals surface area contributed by atoms with E-state index >= 15 is 0 Å². The maximum absolute atomic E-state index is 4.02. The molecule has 1 rings (SSSR count). The van der Waals surface area contributed by atoms with Gasteiger partial charge in [0, 0.05) is 6.04 Å². The van der Waals surface area contributed by atoms with Crippen LogP contribution in [0.15, 0.2) is 36.4 Å². The van der Waals surface area contributed by atoms with Gasteiger partial charge in [0.2, 0.25) is 0 Å². The molecule has 0 heterocycles. The number of hydrogen-bond donors (Lipinski definition) is 1. The van der Waals surface area contributed by atoms with Gasteiger partial charge in [0.05, 0.1) is 0 Å². The Morgan fingerprint density at radius 1 is 1.24 bits per heavy atom. The summed E-state index contributed by atoms with van der Waals surface area (Å²) in [5.41, 5.74) is 4.01. The van der Waals surface area contributed by atoms with E-state index in [1.165, 1.54) is 23.1 Å². The van der Waals surface area contributed by atoms with Crippen molar-refractivity contribution in [2.75, 3.05) is 6.54 Å². The van der Waals surface area contributed by atoms with E-state index in [4.69, 9.17) is 0 Å². The first-order chi connectivity index (χ1) is 8.17. The molecule has 1 nitrogen and oxygen atoms in total. The van der Waals surface area contributed by atoms with Gasteiger partial charge >= 0.3 is 0 Å². The monoisotopic (exact) mass is 231 g/mol. The number of benzene rings is 1. The lowest BCUT2D eigenvalue weighted by molar-refractivity contribution is 0.528. The molecule has 0 saturated carbocycles. The van der Waals surface area contributed by atoms with Crippen LogP contribution >= 0.6 is 0 Å². The van der Waals surface area contributed by atoms with Crippen molar-refractivity contribution >= 4 is 0 Å². The predicted octanol–water partition coefficient (Wildman–Crippen LogP) is 4.26. The van der Waals surface area contributed by atoms with Crippen LogP contribution in [0.25, 0.3) is 0 Å². The molecule has 1 N–H and O–H groups in total. The topological polar surface area (TPSA) is 12.0 Å². The molecule has 1 heteroatoms. The Morgan fingerprint density at radius 2 is 1.88 bits per heavy atom. The van der Waals surface area contributed by atoms with Crippen molar-refractivity contribution in [3.63, 3.8) is 0 Å². The summed E-state index contributed by atoms with van der Waals surface area (Å²) < 4.78 is 0. The van der Waals surface area contributed by atoms with Crippen LogP contribution in [0.5, 0.6) is 0 Å². The summed E-state index contributed by atoms with van der Waals surface area (Å²) in [6.45, 7) is 11.6. The summed E-state index contributed by atoms with van der Waals surface area (Å²) in [5.74, 6) is 0. The van der Waals surface area contributed by atoms with Gasteiger partial charge in [-0.05, 0) is 43.9 Å². The van der Waals surface area contributed by atoms with Crippen LogP contribution in [0.2, 0.25) is 0 Å². The van der Waals surface area contributed by atoms with Crippen LogP contribution in [0.3, 0.4) is 0 Å². The van der Waals surface area contributed by atoms with Crippen LogP contribution in [0.1, 0.15) is 50.8 Å². The predicted molar refractivity (Wildman–Crippen MR) is 76.3 cm³/mol. The summed E-state index contributed by atoms with van der Waals surface area (Å²) >= 11 is 0. The van der Waals surface area contributed by atoms with E-state index in [-0.39, 0.29) is 0 Å². The van der Waals surface area contributed by atoms with Crippen LogP contribution < -0.4 is 5.32 Å². The minimum Gasteiger partial charge on any atom is -0.310 e. The third kappa shape index (κ3) is 4.74. The maximum Gasteiger partial charge on any atom is 0.0357 e. The summed E-state index contributed by atoms with van der Waals surface area (Å²) in [7, 11) is 0. The van der Waals surface area contributed by atoms with Crippen molar-refractivity contribution in [1.29, 1.82) is 0 Å². The third-order valence-corrected chi connectivity index (χ3v) is 2.98. The molecule has 0 bridgehead atoms. The molecule has 0 spiro atoms. The maximum atomic E-state index is 4.02. The summed E-state index contributed by atoms with van der Waals surface area (Å²) in [6.07, 6.45) is 3.29. The number of nitrogens with one attached hydrogen (secondary N) is 1. The highest BCUT2D eigenvalue weighted by Gasteiger charge is 2.10. The summed E-state index contributed by atoms with van der Waals surface area (Å²) in [6, 6.07) is 9.37. The van der Waals surface area contributed by atoms with E-state index in [2.05, 4.69) is 56.9 Å². The number of aryl methyl sites for hydroxylation is 1. The van der Waals surface area contributed by atoms with Gasteiger partial charge in [-0.3, -0.25) is 0 Å². The van der Waals surface area contributed by atoms with Crippen LogP contribution in [0.4, 0.5) is 0 Å². The third-order valence-electron chi connectivity index (χ3n) is 2.98. The quantitative estimate of drug-likeness (QED) is 0.692. The second kappa shape index (κ2) is 7.29. The lowest BCUT2D eigenvalue weighted by Crippen LogP contribution is -2.22. The average Bonchev–Trinajstić information content (AvgIpc) is 2.34. The first-order valence-corrected chi connectivity index (χ1v) is 6.64. The zero-order valence-electron chi connectivity index (χ0n) is 11.4. The molecule has 0 fully saturated rings. The Kier molecular flexibility index (Phi) is 5.99. The highest BCUT2D eigenvalue weighted by Crippen LogP contribution is 2.21. The minimum atomic E-state index is 0.415. The molecular weight excluding hydrogens is 206 g/mol. The molecule has 17 heavy (non-hydrogen) atoms. The largest absolute Gasteiger partial charge is 0.310 e. The first-order valence-electron chi connectivity index (χ1n) is 6.64. The SMILES string of the molecule is C=C(C)CC(NCCC)c1ccc(CC)cc1. The molecule has 0 aliphatic heterocycles. The second-order valence-electron chi connectivity index (χ2n) is 4.76. The van der Waals surface area contributed by atoms with Gasteiger partial charge in [-0.2, -0.15) is 0 Å². The molecule has 0 aliphatic rings. The molecule has 1 unspecified atom stereocenters. The van der Waals surface area contributed by atoms with E-state index in [0.717, 1.165) is 19.4 Å². The number of rotatable bonds is 7. The lowest BCUT2D eigenvalue weighted by atomic mass is 9.98. The van der Waals surface area contributed by atoms with E-state index < -0.39 is 0 Å². The van der Waals surface area contributed by atoms with Crippen molar-refractivity contribution in [3.8, 4) is 0 Å². The van der Waals surface area contributed by atoms with Gasteiger partial charge in [-0.15, -0.1) is 6.58 Å². The minimum absolute atomic E-state index is 0.415. The van der Waals surface area contributed by atoms with E-state index in [1.54, 1.807) is 0 Å². The molecule has 0 radical (unpaired) electrons. The fourth-order valence-electron chi connectivity index (χ4n) is 1.96. The van der Waals surface area contributed by atoms with Gasteiger partial charge in [-0.25, -0.2) is 0 Å².